The van der Waals surface area contributed by atoms with E-state index in [-0.39, 0.29) is 12.0 Å². The maximum Gasteiger partial charge on any atom is 0.246 e. The summed E-state index contributed by atoms with van der Waals surface area (Å²) in [5.74, 6) is 0.0813. The fraction of sp³-hybridized carbons (Fsp3) is 0.471. The van der Waals surface area contributed by atoms with Crippen molar-refractivity contribution in [1.82, 2.24) is 4.90 Å². The second-order valence-corrected chi connectivity index (χ2v) is 5.35. The molecule has 1 fully saturated rings. The molecule has 1 N–H and O–H groups in total. The number of hydrogen-bond acceptors (Lipinski definition) is 2. The first-order valence-corrected chi connectivity index (χ1v) is 7.43. The Balaban J connectivity index is 1.66. The molecule has 2 rings (SSSR count). The number of nitrogens with zero attached hydrogens (tertiary/aromatic N) is 1. The molecule has 1 atom stereocenters. The fourth-order valence-corrected chi connectivity index (χ4v) is 2.46. The molecule has 3 nitrogen and oxygen atoms in total. The monoisotopic (exact) mass is 273 g/mol. The first-order valence-electron chi connectivity index (χ1n) is 7.43. The van der Waals surface area contributed by atoms with Gasteiger partial charge in [0.05, 0.1) is 6.10 Å². The number of rotatable bonds is 6. The minimum absolute atomic E-state index is 0.0813. The van der Waals surface area contributed by atoms with Crippen LogP contribution in [0.4, 0.5) is 0 Å². The average Bonchev–Trinajstić information content (AvgIpc) is 3.00. The maximum atomic E-state index is 11.8. The van der Waals surface area contributed by atoms with Crippen LogP contribution in [-0.4, -0.2) is 35.1 Å². The molecule has 0 saturated carbocycles. The molecule has 1 aliphatic heterocycles. The second-order valence-electron chi connectivity index (χ2n) is 5.35. The molecule has 3 heteroatoms. The van der Waals surface area contributed by atoms with Crippen molar-refractivity contribution in [3.8, 4) is 0 Å². The summed E-state index contributed by atoms with van der Waals surface area (Å²) in [5.41, 5.74) is 1.24. The van der Waals surface area contributed by atoms with Gasteiger partial charge in [0.1, 0.15) is 0 Å². The van der Waals surface area contributed by atoms with Crippen molar-refractivity contribution in [2.45, 2.75) is 38.2 Å². The van der Waals surface area contributed by atoms with E-state index in [1.165, 1.54) is 5.56 Å². The first kappa shape index (κ1) is 14.8. The lowest BCUT2D eigenvalue weighted by molar-refractivity contribution is -0.125. The van der Waals surface area contributed by atoms with Gasteiger partial charge in [0.25, 0.3) is 0 Å². The molecule has 20 heavy (non-hydrogen) atoms. The highest BCUT2D eigenvalue weighted by atomic mass is 16.3. The van der Waals surface area contributed by atoms with Gasteiger partial charge < -0.3 is 10.0 Å². The number of aryl methyl sites for hydroxylation is 1. The van der Waals surface area contributed by atoms with Gasteiger partial charge in [-0.1, -0.05) is 36.4 Å². The molecule has 1 aromatic carbocycles. The maximum absolute atomic E-state index is 11.8. The summed E-state index contributed by atoms with van der Waals surface area (Å²) in [5, 5.41) is 9.91. The van der Waals surface area contributed by atoms with Crippen LogP contribution in [0, 0.1) is 0 Å². The van der Waals surface area contributed by atoms with Crippen molar-refractivity contribution < 1.29 is 9.90 Å². The Morgan fingerprint density at radius 1 is 1.25 bits per heavy atom. The number of hydrogen-bond donors (Lipinski definition) is 1. The minimum Gasteiger partial charge on any atom is -0.393 e. The standard InChI is InChI=1S/C17H23NO2/c19-16(12-11-15-7-2-1-3-8-15)9-6-10-17(20)18-13-4-5-14-18/h1-3,6-8,10,16,19H,4-5,9,11-14H2/b10-6+/t16-/m1/s1. The Bertz CT molecular complexity index is 436. The number of aliphatic hydroxyl groups excluding tert-OH is 1. The third-order valence-corrected chi connectivity index (χ3v) is 3.70. The lowest BCUT2D eigenvalue weighted by Gasteiger charge is -2.12. The van der Waals surface area contributed by atoms with E-state index >= 15 is 0 Å². The van der Waals surface area contributed by atoms with Gasteiger partial charge in [-0.05, 0) is 43.7 Å². The molecule has 0 spiro atoms. The van der Waals surface area contributed by atoms with Crippen molar-refractivity contribution in [1.29, 1.82) is 0 Å². The highest BCUT2D eigenvalue weighted by Crippen LogP contribution is 2.10. The summed E-state index contributed by atoms with van der Waals surface area (Å²) in [6, 6.07) is 10.2. The first-order chi connectivity index (χ1) is 9.75. The van der Waals surface area contributed by atoms with Crippen LogP contribution in [0.1, 0.15) is 31.2 Å². The molecule has 0 aliphatic carbocycles. The Kier molecular flexibility index (Phi) is 5.81. The largest absolute Gasteiger partial charge is 0.393 e. The van der Waals surface area contributed by atoms with Crippen LogP contribution in [0.5, 0.6) is 0 Å². The van der Waals surface area contributed by atoms with Gasteiger partial charge in [-0.3, -0.25) is 4.79 Å². The van der Waals surface area contributed by atoms with E-state index < -0.39 is 0 Å². The van der Waals surface area contributed by atoms with Gasteiger partial charge in [-0.2, -0.15) is 0 Å². The summed E-state index contributed by atoms with van der Waals surface area (Å²) in [6.07, 6.45) is 7.40. The summed E-state index contributed by atoms with van der Waals surface area (Å²) in [4.78, 5) is 13.6. The van der Waals surface area contributed by atoms with E-state index in [1.54, 1.807) is 12.2 Å². The van der Waals surface area contributed by atoms with Gasteiger partial charge in [0.15, 0.2) is 0 Å². The predicted molar refractivity (Wildman–Crippen MR) is 80.3 cm³/mol. The summed E-state index contributed by atoms with van der Waals surface area (Å²) in [7, 11) is 0. The Morgan fingerprint density at radius 3 is 2.65 bits per heavy atom. The van der Waals surface area contributed by atoms with Gasteiger partial charge in [-0.15, -0.1) is 0 Å². The highest BCUT2D eigenvalue weighted by molar-refractivity contribution is 5.87. The predicted octanol–water partition coefficient (Wildman–Crippen LogP) is 2.55. The molecule has 0 unspecified atom stereocenters. The van der Waals surface area contributed by atoms with Crippen molar-refractivity contribution in [3.63, 3.8) is 0 Å². The molecule has 1 saturated heterocycles. The van der Waals surface area contributed by atoms with Crippen molar-refractivity contribution in [2.24, 2.45) is 0 Å². The number of aliphatic hydroxyl groups is 1. The van der Waals surface area contributed by atoms with E-state index in [0.717, 1.165) is 38.8 Å². The van der Waals surface area contributed by atoms with Gasteiger partial charge in [0.2, 0.25) is 5.91 Å². The molecular weight excluding hydrogens is 250 g/mol. The SMILES string of the molecule is O=C(/C=C/C[C@@H](O)CCc1ccccc1)N1CCCC1. The zero-order chi connectivity index (χ0) is 14.2. The zero-order valence-corrected chi connectivity index (χ0v) is 11.9. The van der Waals surface area contributed by atoms with E-state index in [1.807, 2.05) is 23.1 Å². The zero-order valence-electron chi connectivity index (χ0n) is 11.9. The van der Waals surface area contributed by atoms with E-state index in [4.69, 9.17) is 0 Å². The molecule has 1 amide bonds. The molecular formula is C17H23NO2. The third-order valence-electron chi connectivity index (χ3n) is 3.70. The number of carbonyl (C=O) groups is 1. The molecule has 108 valence electrons. The third kappa shape index (κ3) is 4.82. The number of benzene rings is 1. The second kappa shape index (κ2) is 7.85. The highest BCUT2D eigenvalue weighted by Gasteiger charge is 2.15. The molecule has 1 aromatic rings. The number of carbonyl (C=O) groups excluding carboxylic acids is 1. The van der Waals surface area contributed by atoms with Crippen LogP contribution in [0.25, 0.3) is 0 Å². The summed E-state index contributed by atoms with van der Waals surface area (Å²) >= 11 is 0. The smallest absolute Gasteiger partial charge is 0.246 e. The van der Waals surface area contributed by atoms with Gasteiger partial charge >= 0.3 is 0 Å². The van der Waals surface area contributed by atoms with Crippen LogP contribution in [0.3, 0.4) is 0 Å². The Labute approximate surface area is 120 Å². The van der Waals surface area contributed by atoms with E-state index in [9.17, 15) is 9.90 Å². The quantitative estimate of drug-likeness (QED) is 0.809. The topological polar surface area (TPSA) is 40.5 Å². The Morgan fingerprint density at radius 2 is 1.95 bits per heavy atom. The fourth-order valence-electron chi connectivity index (χ4n) is 2.46. The molecule has 0 bridgehead atoms. The molecule has 0 aromatic heterocycles. The number of likely N-dealkylation sites (tertiary alicyclic amines) is 1. The number of amides is 1. The molecule has 0 radical (unpaired) electrons. The lowest BCUT2D eigenvalue weighted by Crippen LogP contribution is -2.25. The van der Waals surface area contributed by atoms with Crippen LogP contribution < -0.4 is 0 Å². The van der Waals surface area contributed by atoms with E-state index in [2.05, 4.69) is 12.1 Å². The van der Waals surface area contributed by atoms with Crippen molar-refractivity contribution in [3.05, 3.63) is 48.0 Å². The van der Waals surface area contributed by atoms with Crippen molar-refractivity contribution in [2.75, 3.05) is 13.1 Å². The normalized spacial score (nSPS) is 16.8. The van der Waals surface area contributed by atoms with E-state index in [0.29, 0.717) is 6.42 Å². The lowest BCUT2D eigenvalue weighted by atomic mass is 10.1. The van der Waals surface area contributed by atoms with Crippen LogP contribution in [0.15, 0.2) is 42.5 Å². The van der Waals surface area contributed by atoms with Crippen molar-refractivity contribution >= 4 is 5.91 Å². The molecule has 1 aliphatic rings. The van der Waals surface area contributed by atoms with Crippen LogP contribution in [0.2, 0.25) is 0 Å². The molecule has 1 heterocycles. The Hall–Kier alpha value is -1.61. The average molecular weight is 273 g/mol. The van der Waals surface area contributed by atoms with Gasteiger partial charge in [-0.25, -0.2) is 0 Å². The van der Waals surface area contributed by atoms with Crippen LogP contribution in [-0.2, 0) is 11.2 Å². The van der Waals surface area contributed by atoms with Gasteiger partial charge in [0, 0.05) is 13.1 Å². The minimum atomic E-state index is -0.377. The van der Waals surface area contributed by atoms with Crippen LogP contribution >= 0.6 is 0 Å². The summed E-state index contributed by atoms with van der Waals surface area (Å²) < 4.78 is 0. The summed E-state index contributed by atoms with van der Waals surface area (Å²) in [6.45, 7) is 1.75.